The molecule has 1 amide bonds. The summed E-state index contributed by atoms with van der Waals surface area (Å²) < 4.78 is 10.5. The number of ether oxygens (including phenoxy) is 2. The fourth-order valence-electron chi connectivity index (χ4n) is 2.12. The van der Waals surface area contributed by atoms with E-state index in [-0.39, 0.29) is 5.69 Å². The van der Waals surface area contributed by atoms with Crippen molar-refractivity contribution in [3.63, 3.8) is 0 Å². The van der Waals surface area contributed by atoms with E-state index >= 15 is 0 Å². The van der Waals surface area contributed by atoms with Gasteiger partial charge in [-0.25, -0.2) is 4.79 Å². The third-order valence-corrected chi connectivity index (χ3v) is 3.56. The lowest BCUT2D eigenvalue weighted by Gasteiger charge is -2.14. The van der Waals surface area contributed by atoms with Crippen molar-refractivity contribution in [3.05, 3.63) is 64.2 Å². The van der Waals surface area contributed by atoms with Gasteiger partial charge in [0, 0.05) is 17.8 Å². The van der Waals surface area contributed by atoms with E-state index in [0.717, 1.165) is 6.42 Å². The van der Waals surface area contributed by atoms with Crippen LogP contribution in [0.5, 0.6) is 5.75 Å². The predicted molar refractivity (Wildman–Crippen MR) is 98.8 cm³/mol. The Morgan fingerprint density at radius 2 is 1.74 bits per heavy atom. The minimum atomic E-state index is -0.819. The van der Waals surface area contributed by atoms with E-state index in [9.17, 15) is 19.7 Å². The van der Waals surface area contributed by atoms with Crippen molar-refractivity contribution in [1.82, 2.24) is 0 Å². The van der Waals surface area contributed by atoms with Gasteiger partial charge in [0.1, 0.15) is 5.75 Å². The maximum Gasteiger partial charge on any atom is 0.338 e. The quantitative estimate of drug-likeness (QED) is 0.431. The van der Waals surface area contributed by atoms with Crippen LogP contribution in [0.1, 0.15) is 30.6 Å². The average Bonchev–Trinajstić information content (AvgIpc) is 2.67. The minimum Gasteiger partial charge on any atom is -0.481 e. The van der Waals surface area contributed by atoms with Crippen LogP contribution in [0.4, 0.5) is 11.4 Å². The molecule has 2 rings (SSSR count). The Morgan fingerprint density at radius 1 is 1.11 bits per heavy atom. The van der Waals surface area contributed by atoms with Crippen LogP contribution in [0.2, 0.25) is 0 Å². The summed E-state index contributed by atoms with van der Waals surface area (Å²) in [5.41, 5.74) is 0.847. The Labute approximate surface area is 156 Å². The number of benzene rings is 2. The van der Waals surface area contributed by atoms with Crippen molar-refractivity contribution in [2.75, 3.05) is 11.9 Å². The highest BCUT2D eigenvalue weighted by Gasteiger charge is 2.16. The molecule has 2 aromatic rings. The first-order valence-electron chi connectivity index (χ1n) is 8.40. The van der Waals surface area contributed by atoms with E-state index in [1.807, 2.05) is 6.92 Å². The van der Waals surface area contributed by atoms with Crippen molar-refractivity contribution < 1.29 is 24.0 Å². The predicted octanol–water partition coefficient (Wildman–Crippen LogP) is 3.57. The van der Waals surface area contributed by atoms with Gasteiger partial charge in [0.15, 0.2) is 6.10 Å². The standard InChI is InChI=1S/C19H20N2O6/c1-3-12-26-19(23)14-4-6-15(7-5-14)20-18(22)13(2)27-17-10-8-16(9-11-17)21(24)25/h4-11,13H,3,12H2,1-2H3,(H,20,22). The summed E-state index contributed by atoms with van der Waals surface area (Å²) in [6, 6.07) is 11.8. The van der Waals surface area contributed by atoms with E-state index < -0.39 is 22.9 Å². The number of esters is 1. The summed E-state index contributed by atoms with van der Waals surface area (Å²) >= 11 is 0. The first-order chi connectivity index (χ1) is 12.9. The second-order valence-corrected chi connectivity index (χ2v) is 5.71. The highest BCUT2D eigenvalue weighted by molar-refractivity contribution is 5.95. The number of hydrogen-bond acceptors (Lipinski definition) is 6. The molecular formula is C19H20N2O6. The molecule has 0 aliphatic carbocycles. The number of amides is 1. The summed E-state index contributed by atoms with van der Waals surface area (Å²) in [5, 5.41) is 13.3. The summed E-state index contributed by atoms with van der Waals surface area (Å²) in [7, 11) is 0. The smallest absolute Gasteiger partial charge is 0.338 e. The molecule has 0 radical (unpaired) electrons. The number of carbonyl (C=O) groups excluding carboxylic acids is 2. The number of nitrogens with zero attached hydrogens (tertiary/aromatic N) is 1. The second kappa shape index (κ2) is 9.33. The van der Waals surface area contributed by atoms with Crippen molar-refractivity contribution in [2.24, 2.45) is 0 Å². The first kappa shape index (κ1) is 19.9. The second-order valence-electron chi connectivity index (χ2n) is 5.71. The largest absolute Gasteiger partial charge is 0.481 e. The van der Waals surface area contributed by atoms with Gasteiger partial charge in [-0.3, -0.25) is 14.9 Å². The number of nitro groups is 1. The molecule has 2 aromatic carbocycles. The number of nitrogens with one attached hydrogen (secondary N) is 1. The van der Waals surface area contributed by atoms with Gasteiger partial charge in [-0.2, -0.15) is 0 Å². The Kier molecular flexibility index (Phi) is 6.87. The van der Waals surface area contributed by atoms with Crippen molar-refractivity contribution in [2.45, 2.75) is 26.4 Å². The number of hydrogen-bond donors (Lipinski definition) is 1. The maximum atomic E-state index is 12.2. The lowest BCUT2D eigenvalue weighted by Crippen LogP contribution is -2.30. The molecule has 0 saturated heterocycles. The van der Waals surface area contributed by atoms with Crippen LogP contribution in [0.3, 0.4) is 0 Å². The first-order valence-corrected chi connectivity index (χ1v) is 8.40. The Morgan fingerprint density at radius 3 is 2.30 bits per heavy atom. The zero-order chi connectivity index (χ0) is 19.8. The van der Waals surface area contributed by atoms with Crippen LogP contribution >= 0.6 is 0 Å². The molecule has 0 aliphatic rings. The van der Waals surface area contributed by atoms with Crippen LogP contribution in [-0.4, -0.2) is 29.5 Å². The Balaban J connectivity index is 1.91. The summed E-state index contributed by atoms with van der Waals surface area (Å²) in [5.74, 6) is -0.462. The maximum absolute atomic E-state index is 12.2. The van der Waals surface area contributed by atoms with Gasteiger partial charge in [-0.15, -0.1) is 0 Å². The zero-order valence-corrected chi connectivity index (χ0v) is 15.0. The molecule has 0 saturated carbocycles. The van der Waals surface area contributed by atoms with Gasteiger partial charge in [0.05, 0.1) is 17.1 Å². The molecule has 1 atom stereocenters. The highest BCUT2D eigenvalue weighted by Crippen LogP contribution is 2.19. The number of non-ortho nitro benzene ring substituents is 1. The highest BCUT2D eigenvalue weighted by atomic mass is 16.6. The van der Waals surface area contributed by atoms with Crippen LogP contribution in [0, 0.1) is 10.1 Å². The van der Waals surface area contributed by atoms with Crippen molar-refractivity contribution >= 4 is 23.3 Å². The molecule has 27 heavy (non-hydrogen) atoms. The van der Waals surface area contributed by atoms with E-state index in [1.165, 1.54) is 24.3 Å². The SMILES string of the molecule is CCCOC(=O)c1ccc(NC(=O)C(C)Oc2ccc([N+](=O)[O-])cc2)cc1. The lowest BCUT2D eigenvalue weighted by molar-refractivity contribution is -0.384. The van der Waals surface area contributed by atoms with E-state index in [1.54, 1.807) is 31.2 Å². The molecule has 0 spiro atoms. The lowest BCUT2D eigenvalue weighted by atomic mass is 10.2. The van der Waals surface area contributed by atoms with Gasteiger partial charge in [-0.1, -0.05) is 6.92 Å². The van der Waals surface area contributed by atoms with Gasteiger partial charge in [0.25, 0.3) is 11.6 Å². The fraction of sp³-hybridized carbons (Fsp3) is 0.263. The fourth-order valence-corrected chi connectivity index (χ4v) is 2.12. The topological polar surface area (TPSA) is 108 Å². The van der Waals surface area contributed by atoms with Gasteiger partial charge >= 0.3 is 5.97 Å². The van der Waals surface area contributed by atoms with Gasteiger partial charge in [-0.05, 0) is 49.7 Å². The third-order valence-electron chi connectivity index (χ3n) is 3.56. The van der Waals surface area contributed by atoms with Crippen molar-refractivity contribution in [1.29, 1.82) is 0 Å². The van der Waals surface area contributed by atoms with Gasteiger partial charge < -0.3 is 14.8 Å². The van der Waals surface area contributed by atoms with E-state index in [0.29, 0.717) is 23.6 Å². The minimum absolute atomic E-state index is 0.0583. The molecule has 8 nitrogen and oxygen atoms in total. The Bertz CT molecular complexity index is 802. The average molecular weight is 372 g/mol. The van der Waals surface area contributed by atoms with Crippen LogP contribution < -0.4 is 10.1 Å². The summed E-state index contributed by atoms with van der Waals surface area (Å²) in [6.07, 6.45) is -0.0763. The molecule has 8 heteroatoms. The molecule has 0 aliphatic heterocycles. The van der Waals surface area contributed by atoms with Crippen molar-refractivity contribution in [3.8, 4) is 5.75 Å². The number of nitro benzene ring substituents is 1. The molecule has 1 N–H and O–H groups in total. The third kappa shape index (κ3) is 5.81. The summed E-state index contributed by atoms with van der Waals surface area (Å²) in [4.78, 5) is 34.1. The molecule has 0 heterocycles. The van der Waals surface area contributed by atoms with E-state index in [4.69, 9.17) is 9.47 Å². The monoisotopic (exact) mass is 372 g/mol. The number of carbonyl (C=O) groups is 2. The molecule has 1 unspecified atom stereocenters. The summed E-state index contributed by atoms with van der Waals surface area (Å²) in [6.45, 7) is 3.83. The molecule has 0 aromatic heterocycles. The molecule has 0 bridgehead atoms. The Hall–Kier alpha value is -3.42. The normalized spacial score (nSPS) is 11.3. The zero-order valence-electron chi connectivity index (χ0n) is 15.0. The number of anilines is 1. The number of rotatable bonds is 8. The van der Waals surface area contributed by atoms with Crippen LogP contribution in [0.25, 0.3) is 0 Å². The molecular weight excluding hydrogens is 352 g/mol. The molecule has 142 valence electrons. The van der Waals surface area contributed by atoms with E-state index in [2.05, 4.69) is 5.32 Å². The van der Waals surface area contributed by atoms with Gasteiger partial charge in [0.2, 0.25) is 0 Å². The van der Waals surface area contributed by atoms with Crippen LogP contribution in [0.15, 0.2) is 48.5 Å². The molecule has 0 fully saturated rings. The van der Waals surface area contributed by atoms with Crippen LogP contribution in [-0.2, 0) is 9.53 Å².